The summed E-state index contributed by atoms with van der Waals surface area (Å²) in [5.41, 5.74) is -0.0812. The van der Waals surface area contributed by atoms with Gasteiger partial charge in [-0.3, -0.25) is 4.79 Å². The van der Waals surface area contributed by atoms with Crippen LogP contribution in [0, 0.1) is 0 Å². The smallest absolute Gasteiger partial charge is 0.307 e. The van der Waals surface area contributed by atoms with Gasteiger partial charge in [0.15, 0.2) is 0 Å². The lowest BCUT2D eigenvalue weighted by molar-refractivity contribution is -0.143. The second-order valence-corrected chi connectivity index (χ2v) is 4.22. The molecule has 4 nitrogen and oxygen atoms in total. The molecule has 1 aliphatic carbocycles. The van der Waals surface area contributed by atoms with Crippen molar-refractivity contribution < 1.29 is 14.3 Å². The molecule has 0 saturated heterocycles. The van der Waals surface area contributed by atoms with Gasteiger partial charge in [-0.05, 0) is 32.7 Å². The van der Waals surface area contributed by atoms with Gasteiger partial charge in [-0.25, -0.2) is 0 Å². The molecule has 0 aliphatic heterocycles. The Kier molecular flexibility index (Phi) is 4.54. The summed E-state index contributed by atoms with van der Waals surface area (Å²) < 4.78 is 10.0. The lowest BCUT2D eigenvalue weighted by Gasteiger charge is -2.39. The van der Waals surface area contributed by atoms with Gasteiger partial charge >= 0.3 is 5.97 Å². The number of hydrogen-bond donors (Lipinski definition) is 1. The number of ether oxygens (including phenoxy) is 2. The van der Waals surface area contributed by atoms with E-state index in [0.29, 0.717) is 12.5 Å². The molecule has 0 spiro atoms. The Bertz CT molecular complexity index is 210. The topological polar surface area (TPSA) is 47.6 Å². The molecule has 15 heavy (non-hydrogen) atoms. The fourth-order valence-corrected chi connectivity index (χ4v) is 2.24. The van der Waals surface area contributed by atoms with Crippen LogP contribution >= 0.6 is 0 Å². The normalized spacial score (nSPS) is 31.3. The van der Waals surface area contributed by atoms with Crippen molar-refractivity contribution >= 4 is 5.97 Å². The molecule has 0 heterocycles. The van der Waals surface area contributed by atoms with Gasteiger partial charge in [0.2, 0.25) is 0 Å². The third-order valence-electron chi connectivity index (χ3n) is 3.46. The quantitative estimate of drug-likeness (QED) is 0.713. The Hall–Kier alpha value is -0.610. The average Bonchev–Trinajstić information content (AvgIpc) is 2.30. The molecule has 0 radical (unpaired) electrons. The molecule has 0 aromatic carbocycles. The number of methoxy groups -OCH3 is 2. The van der Waals surface area contributed by atoms with Crippen LogP contribution in [0.5, 0.6) is 0 Å². The first kappa shape index (κ1) is 12.5. The molecule has 88 valence electrons. The molecule has 0 aromatic heterocycles. The first-order chi connectivity index (χ1) is 7.15. The number of nitrogens with one attached hydrogen (secondary N) is 1. The van der Waals surface area contributed by atoms with Gasteiger partial charge in [-0.15, -0.1) is 0 Å². The van der Waals surface area contributed by atoms with E-state index < -0.39 is 0 Å². The Labute approximate surface area is 91.3 Å². The second-order valence-electron chi connectivity index (χ2n) is 4.22. The van der Waals surface area contributed by atoms with Gasteiger partial charge in [-0.1, -0.05) is 0 Å². The van der Waals surface area contributed by atoms with Crippen molar-refractivity contribution in [2.75, 3.05) is 21.3 Å². The lowest BCUT2D eigenvalue weighted by atomic mass is 9.78. The number of carbonyl (C=O) groups excluding carboxylic acids is 1. The Morgan fingerprint density at radius 2 is 2.00 bits per heavy atom. The van der Waals surface area contributed by atoms with Crippen molar-refractivity contribution in [2.24, 2.45) is 0 Å². The molecule has 1 N–H and O–H groups in total. The Morgan fingerprint density at radius 1 is 1.40 bits per heavy atom. The van der Waals surface area contributed by atoms with E-state index in [2.05, 4.69) is 5.32 Å². The monoisotopic (exact) mass is 215 g/mol. The van der Waals surface area contributed by atoms with Crippen LogP contribution in [-0.2, 0) is 14.3 Å². The third kappa shape index (κ3) is 3.18. The van der Waals surface area contributed by atoms with Crippen LogP contribution in [0.3, 0.4) is 0 Å². The molecule has 0 bridgehead atoms. The van der Waals surface area contributed by atoms with Crippen LogP contribution in [0.2, 0.25) is 0 Å². The number of esters is 1. The van der Waals surface area contributed by atoms with E-state index in [-0.39, 0.29) is 11.5 Å². The summed E-state index contributed by atoms with van der Waals surface area (Å²) in [4.78, 5) is 11.3. The van der Waals surface area contributed by atoms with Gasteiger partial charge in [-0.2, -0.15) is 0 Å². The van der Waals surface area contributed by atoms with Crippen LogP contribution in [0.15, 0.2) is 0 Å². The summed E-state index contributed by atoms with van der Waals surface area (Å²) >= 11 is 0. The van der Waals surface area contributed by atoms with Crippen LogP contribution in [0.1, 0.15) is 32.1 Å². The maximum atomic E-state index is 11.3. The van der Waals surface area contributed by atoms with E-state index in [9.17, 15) is 4.79 Å². The second kappa shape index (κ2) is 5.47. The van der Waals surface area contributed by atoms with Crippen molar-refractivity contribution in [3.05, 3.63) is 0 Å². The standard InChI is InChI=1S/C11H21NO3/c1-12-11(8-10(13)15-3)6-4-9(14-2)5-7-11/h9,12H,4-8H2,1-3H3. The average molecular weight is 215 g/mol. The predicted octanol–water partition coefficient (Wildman–Crippen LogP) is 1.10. The molecule has 0 unspecified atom stereocenters. The number of rotatable bonds is 4. The van der Waals surface area contributed by atoms with Gasteiger partial charge in [0.1, 0.15) is 0 Å². The lowest BCUT2D eigenvalue weighted by Crippen LogP contribution is -2.48. The Morgan fingerprint density at radius 3 is 2.40 bits per heavy atom. The maximum absolute atomic E-state index is 11.3. The minimum absolute atomic E-state index is 0.0812. The first-order valence-corrected chi connectivity index (χ1v) is 5.44. The summed E-state index contributed by atoms with van der Waals surface area (Å²) in [6, 6.07) is 0. The van der Waals surface area contributed by atoms with E-state index in [1.165, 1.54) is 7.11 Å². The van der Waals surface area contributed by atoms with Crippen molar-refractivity contribution in [3.63, 3.8) is 0 Å². The van der Waals surface area contributed by atoms with Gasteiger partial charge in [0.25, 0.3) is 0 Å². The molecule has 0 aromatic rings. The fourth-order valence-electron chi connectivity index (χ4n) is 2.24. The molecule has 1 saturated carbocycles. The SMILES string of the molecule is CNC1(CC(=O)OC)CCC(OC)CC1. The van der Waals surface area contributed by atoms with E-state index in [4.69, 9.17) is 9.47 Å². The van der Waals surface area contributed by atoms with Crippen molar-refractivity contribution in [1.82, 2.24) is 5.32 Å². The fraction of sp³-hybridized carbons (Fsp3) is 0.909. The summed E-state index contributed by atoms with van der Waals surface area (Å²) in [7, 11) is 5.10. The maximum Gasteiger partial charge on any atom is 0.307 e. The third-order valence-corrected chi connectivity index (χ3v) is 3.46. The molecular formula is C11H21NO3. The minimum Gasteiger partial charge on any atom is -0.469 e. The van der Waals surface area contributed by atoms with Crippen LogP contribution in [-0.4, -0.2) is 38.9 Å². The zero-order chi connectivity index (χ0) is 11.3. The predicted molar refractivity (Wildman–Crippen MR) is 57.7 cm³/mol. The number of carbonyl (C=O) groups is 1. The summed E-state index contributed by atoms with van der Waals surface area (Å²) in [5.74, 6) is -0.139. The summed E-state index contributed by atoms with van der Waals surface area (Å²) in [6.45, 7) is 0. The highest BCUT2D eigenvalue weighted by Gasteiger charge is 2.36. The van der Waals surface area contributed by atoms with Crippen LogP contribution < -0.4 is 5.32 Å². The van der Waals surface area contributed by atoms with Gasteiger partial charge in [0, 0.05) is 12.6 Å². The highest BCUT2D eigenvalue weighted by Crippen LogP contribution is 2.32. The molecule has 0 amide bonds. The molecule has 0 atom stereocenters. The van der Waals surface area contributed by atoms with Crippen LogP contribution in [0.25, 0.3) is 0 Å². The van der Waals surface area contributed by atoms with E-state index >= 15 is 0 Å². The highest BCUT2D eigenvalue weighted by molar-refractivity contribution is 5.70. The van der Waals surface area contributed by atoms with Gasteiger partial charge < -0.3 is 14.8 Å². The van der Waals surface area contributed by atoms with Crippen molar-refractivity contribution in [1.29, 1.82) is 0 Å². The summed E-state index contributed by atoms with van der Waals surface area (Å²) in [5, 5.41) is 3.27. The van der Waals surface area contributed by atoms with E-state index in [1.54, 1.807) is 7.11 Å². The first-order valence-electron chi connectivity index (χ1n) is 5.44. The van der Waals surface area contributed by atoms with Crippen molar-refractivity contribution in [2.45, 2.75) is 43.7 Å². The Balaban J connectivity index is 2.52. The minimum atomic E-state index is -0.139. The molecule has 4 heteroatoms. The largest absolute Gasteiger partial charge is 0.469 e. The highest BCUT2D eigenvalue weighted by atomic mass is 16.5. The van der Waals surface area contributed by atoms with E-state index in [0.717, 1.165) is 25.7 Å². The summed E-state index contributed by atoms with van der Waals surface area (Å²) in [6.07, 6.45) is 4.76. The molecule has 1 rings (SSSR count). The van der Waals surface area contributed by atoms with Gasteiger partial charge in [0.05, 0.1) is 19.6 Å². The van der Waals surface area contributed by atoms with E-state index in [1.807, 2.05) is 7.05 Å². The van der Waals surface area contributed by atoms with Crippen LogP contribution in [0.4, 0.5) is 0 Å². The number of hydrogen-bond acceptors (Lipinski definition) is 4. The molecule has 1 fully saturated rings. The molecule has 1 aliphatic rings. The molecular weight excluding hydrogens is 194 g/mol. The zero-order valence-electron chi connectivity index (χ0n) is 9.84. The zero-order valence-corrected chi connectivity index (χ0v) is 9.84. The van der Waals surface area contributed by atoms with Crippen molar-refractivity contribution in [3.8, 4) is 0 Å².